The van der Waals surface area contributed by atoms with Gasteiger partial charge in [0.1, 0.15) is 6.29 Å². The van der Waals surface area contributed by atoms with Crippen molar-refractivity contribution in [3.63, 3.8) is 0 Å². The second kappa shape index (κ2) is 14.6. The number of aliphatic hydroxyl groups is 1. The molecule has 0 bridgehead atoms. The van der Waals surface area contributed by atoms with Crippen molar-refractivity contribution in [3.05, 3.63) is 60.7 Å². The molecule has 0 heterocycles. The molecule has 5 heteroatoms. The predicted molar refractivity (Wildman–Crippen MR) is 196 cm³/mol. The van der Waals surface area contributed by atoms with E-state index in [9.17, 15) is 14.7 Å². The van der Waals surface area contributed by atoms with Crippen LogP contribution in [0.25, 0.3) is 0 Å². The molecule has 10 atom stereocenters. The van der Waals surface area contributed by atoms with Crippen LogP contribution in [0, 0.1) is 52.3 Å². The molecule has 2 aromatic rings. The normalized spacial score (nSPS) is 34.1. The summed E-state index contributed by atoms with van der Waals surface area (Å²) >= 11 is 0. The van der Waals surface area contributed by atoms with Crippen LogP contribution in [0.5, 0.6) is 0 Å². The van der Waals surface area contributed by atoms with Crippen molar-refractivity contribution in [1.29, 1.82) is 0 Å². The Morgan fingerprint density at radius 2 is 1.60 bits per heavy atom. The molecular formula is C42H64O4Si. The highest BCUT2D eigenvalue weighted by molar-refractivity contribution is 6.98. The third kappa shape index (κ3) is 6.73. The minimum Gasteiger partial charge on any atom is -0.424 e. The van der Waals surface area contributed by atoms with E-state index in [0.717, 1.165) is 35.9 Å². The number of aldehydes is 1. The summed E-state index contributed by atoms with van der Waals surface area (Å²) < 4.78 is 6.64. The van der Waals surface area contributed by atoms with Gasteiger partial charge in [0.2, 0.25) is 0 Å². The summed E-state index contributed by atoms with van der Waals surface area (Å²) in [7, 11) is -3.06. The highest BCUT2D eigenvalue weighted by Gasteiger charge is 2.61. The molecule has 3 saturated carbocycles. The molecule has 0 aromatic heterocycles. The molecule has 3 fully saturated rings. The van der Waals surface area contributed by atoms with Gasteiger partial charge in [0, 0.05) is 6.42 Å². The maximum atomic E-state index is 12.9. The van der Waals surface area contributed by atoms with Crippen LogP contribution in [0.2, 0.25) is 5.04 Å². The first kappa shape index (κ1) is 36.5. The first-order valence-electron chi connectivity index (χ1n) is 18.8. The molecule has 0 saturated heterocycles. The lowest BCUT2D eigenvalue weighted by atomic mass is 9.42. The summed E-state index contributed by atoms with van der Waals surface area (Å²) in [5, 5.41) is 11.8. The molecule has 0 radical (unpaired) electrons. The van der Waals surface area contributed by atoms with Gasteiger partial charge in [-0.2, -0.15) is 0 Å². The molecule has 47 heavy (non-hydrogen) atoms. The molecule has 4 nitrogen and oxygen atoms in total. The summed E-state index contributed by atoms with van der Waals surface area (Å²) in [4.78, 5) is 24.1. The van der Waals surface area contributed by atoms with Crippen LogP contribution in [0.15, 0.2) is 60.7 Å². The Balaban J connectivity index is 1.39. The summed E-state index contributed by atoms with van der Waals surface area (Å²) in [5.41, 5.74) is 0.498. The number of fused-ring (bicyclic) bond motifs is 3. The third-order valence-corrected chi connectivity index (χ3v) is 19.2. The van der Waals surface area contributed by atoms with E-state index in [1.165, 1.54) is 32.1 Å². The van der Waals surface area contributed by atoms with Gasteiger partial charge in [-0.3, -0.25) is 0 Å². The fourth-order valence-corrected chi connectivity index (χ4v) is 15.3. The highest BCUT2D eigenvalue weighted by atomic mass is 28.4. The smallest absolute Gasteiger partial charge is 0.258 e. The van der Waals surface area contributed by atoms with Gasteiger partial charge in [0.15, 0.2) is 0 Å². The maximum Gasteiger partial charge on any atom is 0.258 e. The Morgan fingerprint density at radius 3 is 2.17 bits per heavy atom. The number of benzene rings is 2. The zero-order chi connectivity index (χ0) is 34.0. The first-order valence-corrected chi connectivity index (χ1v) is 20.8. The lowest BCUT2D eigenvalue weighted by Crippen LogP contribution is -2.65. The minimum absolute atomic E-state index is 0.0690. The minimum atomic E-state index is -3.06. The van der Waals surface area contributed by atoms with Gasteiger partial charge in [-0.1, -0.05) is 109 Å². The number of hydrogen-bond donors (Lipinski definition) is 2. The first-order chi connectivity index (χ1) is 22.3. The van der Waals surface area contributed by atoms with Gasteiger partial charge in [-0.15, -0.1) is 0 Å². The van der Waals surface area contributed by atoms with Crippen molar-refractivity contribution in [2.45, 2.75) is 117 Å². The second-order valence-corrected chi connectivity index (χ2v) is 21.2. The average Bonchev–Trinajstić information content (AvgIpc) is 3.07. The van der Waals surface area contributed by atoms with Crippen LogP contribution in [0.3, 0.4) is 0 Å². The summed E-state index contributed by atoms with van der Waals surface area (Å²) in [5.74, 6) is 3.84. The van der Waals surface area contributed by atoms with Crippen molar-refractivity contribution in [1.82, 2.24) is 0 Å². The largest absolute Gasteiger partial charge is 0.424 e. The molecule has 2 N–H and O–H groups in total. The second-order valence-electron chi connectivity index (χ2n) is 17.3. The highest BCUT2D eigenvalue weighted by Crippen LogP contribution is 2.66. The van der Waals surface area contributed by atoms with Gasteiger partial charge in [0.05, 0.1) is 19.3 Å². The molecule has 2 aromatic carbocycles. The van der Waals surface area contributed by atoms with Gasteiger partial charge < -0.3 is 19.4 Å². The fourth-order valence-electron chi connectivity index (χ4n) is 11.4. The quantitative estimate of drug-likeness (QED) is 0.169. The topological polar surface area (TPSA) is 66.8 Å². The number of ether oxygens (including phenoxy) is 1. The number of aliphatic hydroxyl groups excluding tert-OH is 1. The van der Waals surface area contributed by atoms with E-state index in [1.54, 1.807) is 0 Å². The maximum absolute atomic E-state index is 12.9. The van der Waals surface area contributed by atoms with E-state index in [0.29, 0.717) is 59.9 Å². The van der Waals surface area contributed by atoms with Crippen molar-refractivity contribution < 1.29 is 19.4 Å². The summed E-state index contributed by atoms with van der Waals surface area (Å²) in [6.45, 7) is 17.6. The molecular weight excluding hydrogens is 597 g/mol. The predicted octanol–water partition coefficient (Wildman–Crippen LogP) is 8.03. The monoisotopic (exact) mass is 660 g/mol. The number of hydrogen-bond acceptors (Lipinski definition) is 4. The molecule has 260 valence electrons. The van der Waals surface area contributed by atoms with Gasteiger partial charge in [-0.05, 0) is 119 Å². The molecule has 3 aliphatic carbocycles. The van der Waals surface area contributed by atoms with E-state index in [1.807, 2.05) is 12.1 Å². The Morgan fingerprint density at radius 1 is 0.979 bits per heavy atom. The molecule has 0 amide bonds. The van der Waals surface area contributed by atoms with Gasteiger partial charge in [-0.25, -0.2) is 0 Å². The van der Waals surface area contributed by atoms with Gasteiger partial charge in [0.25, 0.3) is 8.32 Å². The number of rotatable bonds is 13. The average molecular weight is 661 g/mol. The van der Waals surface area contributed by atoms with E-state index in [2.05, 4.69) is 97.0 Å². The van der Waals surface area contributed by atoms with Crippen LogP contribution in [-0.4, -0.2) is 43.8 Å². The summed E-state index contributed by atoms with van der Waals surface area (Å²) in [6.07, 6.45) is 11.1. The number of carbonyl (C=O) groups excluding carboxylic acids is 1. The fraction of sp³-hybridized carbons (Fsp3) is 0.690. The van der Waals surface area contributed by atoms with Crippen molar-refractivity contribution >= 4 is 25.0 Å². The molecule has 3 aliphatic rings. The Hall–Kier alpha value is -1.79. The van der Waals surface area contributed by atoms with Crippen LogP contribution in [-0.2, 0) is 9.53 Å². The van der Waals surface area contributed by atoms with E-state index < -0.39 is 8.32 Å². The SMILES string of the molecule is CC1C2C(OCCO)CC3CC(CC(C)(C)[Si](O)(c4ccccc4)c4ccccc4)CCC3(C)C2CCC1(C)C(C)[C@H](C)CCC=O. The van der Waals surface area contributed by atoms with Crippen molar-refractivity contribution in [3.8, 4) is 0 Å². The van der Waals surface area contributed by atoms with Crippen LogP contribution >= 0.6 is 0 Å². The standard InChI is InChI=1S/C42H64O4Si/c1-30(15-14-24-43)31(2)41(6)23-21-37-39(32(41)3)38(46-26-25-44)28-34-27-33(20-22-42(34,37)7)29-40(4,5)47(45,35-16-10-8-11-17-35)36-18-12-9-13-19-36/h8-13,16-19,24,30-34,37-39,44-45H,14-15,20-23,25-29H2,1-7H3/t30-,31?,32?,33?,34?,37?,38?,39?,41?,42?/m1/s1. The molecule has 5 rings (SSSR count). The Labute approximate surface area is 287 Å². The van der Waals surface area contributed by atoms with Crippen molar-refractivity contribution in [2.75, 3.05) is 13.2 Å². The van der Waals surface area contributed by atoms with Crippen LogP contribution in [0.4, 0.5) is 0 Å². The molecule has 0 aliphatic heterocycles. The van der Waals surface area contributed by atoms with Crippen LogP contribution in [0.1, 0.15) is 106 Å². The van der Waals surface area contributed by atoms with Crippen molar-refractivity contribution in [2.24, 2.45) is 52.3 Å². The molecule has 0 spiro atoms. The zero-order valence-electron chi connectivity index (χ0n) is 30.5. The Bertz CT molecular complexity index is 1260. The molecule has 9 unspecified atom stereocenters. The number of carbonyl (C=O) groups is 1. The van der Waals surface area contributed by atoms with E-state index in [-0.39, 0.29) is 23.2 Å². The van der Waals surface area contributed by atoms with Gasteiger partial charge >= 0.3 is 0 Å². The Kier molecular flexibility index (Phi) is 11.3. The van der Waals surface area contributed by atoms with E-state index >= 15 is 0 Å². The lowest BCUT2D eigenvalue weighted by Gasteiger charge is -2.64. The van der Waals surface area contributed by atoms with E-state index in [4.69, 9.17) is 4.74 Å². The van der Waals surface area contributed by atoms with Crippen LogP contribution < -0.4 is 10.4 Å². The lowest BCUT2D eigenvalue weighted by molar-refractivity contribution is -0.192. The zero-order valence-corrected chi connectivity index (χ0v) is 31.5. The summed E-state index contributed by atoms with van der Waals surface area (Å²) in [6, 6.07) is 21.0. The third-order valence-electron chi connectivity index (χ3n) is 14.7.